The van der Waals surface area contributed by atoms with Gasteiger partial charge in [0.2, 0.25) is 0 Å². The minimum Gasteiger partial charge on any atom is -0.462 e. The van der Waals surface area contributed by atoms with Crippen molar-refractivity contribution in [2.75, 3.05) is 0 Å². The molecule has 0 aliphatic carbocycles. The number of fused-ring (bicyclic) bond motifs is 1. The standard InChI is InChI=1S/C11H13BO/c1-8-11(12(2)3)9-6-4-5-7-10(9)13-8/h4-7H,1-3H3. The summed E-state index contributed by atoms with van der Waals surface area (Å²) < 4.78 is 5.66. The van der Waals surface area contributed by atoms with E-state index in [4.69, 9.17) is 4.42 Å². The highest BCUT2D eigenvalue weighted by atomic mass is 16.3. The largest absolute Gasteiger partial charge is 0.462 e. The Labute approximate surface area is 78.8 Å². The van der Waals surface area contributed by atoms with Crippen LogP contribution in [0.1, 0.15) is 5.76 Å². The topological polar surface area (TPSA) is 13.1 Å². The monoisotopic (exact) mass is 172 g/mol. The molecule has 1 aromatic carbocycles. The van der Waals surface area contributed by atoms with E-state index < -0.39 is 0 Å². The Balaban J connectivity index is 2.78. The predicted octanol–water partition coefficient (Wildman–Crippen LogP) is 2.70. The molecule has 0 saturated carbocycles. The fourth-order valence-electron chi connectivity index (χ4n) is 1.91. The summed E-state index contributed by atoms with van der Waals surface area (Å²) in [6, 6.07) is 8.22. The van der Waals surface area contributed by atoms with Gasteiger partial charge in [-0.1, -0.05) is 31.8 Å². The fraction of sp³-hybridized carbons (Fsp3) is 0.273. The van der Waals surface area contributed by atoms with Crippen LogP contribution in [0.25, 0.3) is 11.0 Å². The molecule has 0 N–H and O–H groups in total. The van der Waals surface area contributed by atoms with Crippen LogP contribution in [0.5, 0.6) is 0 Å². The molecule has 0 radical (unpaired) electrons. The smallest absolute Gasteiger partial charge is 0.175 e. The van der Waals surface area contributed by atoms with Crippen molar-refractivity contribution in [1.29, 1.82) is 0 Å². The molecule has 0 fully saturated rings. The van der Waals surface area contributed by atoms with Gasteiger partial charge in [-0.3, -0.25) is 0 Å². The van der Waals surface area contributed by atoms with Crippen LogP contribution in [0.15, 0.2) is 28.7 Å². The van der Waals surface area contributed by atoms with E-state index >= 15 is 0 Å². The third-order valence-electron chi connectivity index (χ3n) is 2.40. The number of furan rings is 1. The second-order valence-electron chi connectivity index (χ2n) is 3.72. The molecule has 0 spiro atoms. The van der Waals surface area contributed by atoms with Crippen molar-refractivity contribution >= 4 is 23.1 Å². The Hall–Kier alpha value is -1.18. The summed E-state index contributed by atoms with van der Waals surface area (Å²) in [5.74, 6) is 1.05. The third-order valence-corrected chi connectivity index (χ3v) is 2.40. The second kappa shape index (κ2) is 2.95. The van der Waals surface area contributed by atoms with Gasteiger partial charge in [-0.15, -0.1) is 0 Å². The molecule has 0 amide bonds. The van der Waals surface area contributed by atoms with Gasteiger partial charge in [0, 0.05) is 5.39 Å². The maximum absolute atomic E-state index is 5.66. The molecule has 0 bridgehead atoms. The lowest BCUT2D eigenvalue weighted by molar-refractivity contribution is 0.581. The van der Waals surface area contributed by atoms with Crippen LogP contribution in [0.4, 0.5) is 0 Å². The van der Waals surface area contributed by atoms with Crippen molar-refractivity contribution in [3.05, 3.63) is 30.0 Å². The Morgan fingerprint density at radius 2 is 1.85 bits per heavy atom. The average Bonchev–Trinajstić information content (AvgIpc) is 2.39. The van der Waals surface area contributed by atoms with Crippen LogP contribution < -0.4 is 5.46 Å². The lowest BCUT2D eigenvalue weighted by Gasteiger charge is -1.98. The summed E-state index contributed by atoms with van der Waals surface area (Å²) >= 11 is 0. The molecule has 2 rings (SSSR count). The maximum atomic E-state index is 5.66. The lowest BCUT2D eigenvalue weighted by atomic mass is 9.48. The molecule has 1 heterocycles. The SMILES string of the molecule is CB(C)c1c(C)oc2ccccc12. The Bertz CT molecular complexity index is 429. The van der Waals surface area contributed by atoms with E-state index in [-0.39, 0.29) is 0 Å². The van der Waals surface area contributed by atoms with Crippen molar-refractivity contribution in [2.45, 2.75) is 20.6 Å². The van der Waals surface area contributed by atoms with Crippen molar-refractivity contribution in [3.8, 4) is 0 Å². The zero-order valence-corrected chi connectivity index (χ0v) is 8.29. The van der Waals surface area contributed by atoms with E-state index in [9.17, 15) is 0 Å². The first-order valence-electron chi connectivity index (χ1n) is 4.68. The normalized spacial score (nSPS) is 10.7. The zero-order valence-electron chi connectivity index (χ0n) is 8.29. The number of para-hydroxylation sites is 1. The van der Waals surface area contributed by atoms with Gasteiger partial charge in [0.05, 0.1) is 5.76 Å². The Morgan fingerprint density at radius 3 is 2.54 bits per heavy atom. The first-order valence-corrected chi connectivity index (χ1v) is 4.68. The molecule has 1 nitrogen and oxygen atoms in total. The van der Waals surface area contributed by atoms with Crippen molar-refractivity contribution in [3.63, 3.8) is 0 Å². The molecular formula is C11H13BO. The minimum atomic E-state index is 0.531. The Morgan fingerprint density at radius 1 is 1.15 bits per heavy atom. The summed E-state index contributed by atoms with van der Waals surface area (Å²) in [7, 11) is 0. The molecule has 0 unspecified atom stereocenters. The number of aryl methyl sites for hydroxylation is 1. The summed E-state index contributed by atoms with van der Waals surface area (Å²) in [5, 5.41) is 1.26. The molecule has 0 aliphatic rings. The molecule has 0 aliphatic heterocycles. The number of rotatable bonds is 1. The summed E-state index contributed by atoms with van der Waals surface area (Å²) in [6.45, 7) is 6.97. The molecule has 66 valence electrons. The van der Waals surface area contributed by atoms with Gasteiger partial charge >= 0.3 is 0 Å². The van der Waals surface area contributed by atoms with Gasteiger partial charge in [0.1, 0.15) is 5.58 Å². The van der Waals surface area contributed by atoms with Crippen molar-refractivity contribution < 1.29 is 4.42 Å². The van der Waals surface area contributed by atoms with Crippen LogP contribution in [0, 0.1) is 6.92 Å². The number of hydrogen-bond donors (Lipinski definition) is 0. The first-order chi connectivity index (χ1) is 6.20. The Kier molecular flexibility index (Phi) is 1.91. The van der Waals surface area contributed by atoms with Gasteiger partial charge < -0.3 is 4.42 Å². The third kappa shape index (κ3) is 1.26. The van der Waals surface area contributed by atoms with Crippen LogP contribution in [0.3, 0.4) is 0 Å². The minimum absolute atomic E-state index is 0.531. The molecule has 2 aromatic rings. The summed E-state index contributed by atoms with van der Waals surface area (Å²) in [4.78, 5) is 0. The predicted molar refractivity (Wildman–Crippen MR) is 58.1 cm³/mol. The maximum Gasteiger partial charge on any atom is 0.175 e. The van der Waals surface area contributed by atoms with Gasteiger partial charge in [-0.05, 0) is 18.5 Å². The van der Waals surface area contributed by atoms with Crippen molar-refractivity contribution in [1.82, 2.24) is 0 Å². The van der Waals surface area contributed by atoms with Gasteiger partial charge in [-0.25, -0.2) is 0 Å². The number of hydrogen-bond acceptors (Lipinski definition) is 1. The van der Waals surface area contributed by atoms with Crippen LogP contribution >= 0.6 is 0 Å². The van der Waals surface area contributed by atoms with Gasteiger partial charge in [0.25, 0.3) is 0 Å². The van der Waals surface area contributed by atoms with Crippen LogP contribution in [-0.2, 0) is 0 Å². The van der Waals surface area contributed by atoms with E-state index in [0.29, 0.717) is 6.71 Å². The van der Waals surface area contributed by atoms with E-state index in [1.54, 1.807) is 0 Å². The second-order valence-corrected chi connectivity index (χ2v) is 3.72. The van der Waals surface area contributed by atoms with E-state index in [1.165, 1.54) is 10.8 Å². The van der Waals surface area contributed by atoms with Crippen LogP contribution in [0.2, 0.25) is 13.6 Å². The molecule has 1 aromatic heterocycles. The van der Waals surface area contributed by atoms with E-state index in [2.05, 4.69) is 25.8 Å². The van der Waals surface area contributed by atoms with E-state index in [0.717, 1.165) is 11.3 Å². The van der Waals surface area contributed by atoms with Gasteiger partial charge in [0.15, 0.2) is 6.71 Å². The highest BCUT2D eigenvalue weighted by Gasteiger charge is 2.14. The summed E-state index contributed by atoms with van der Waals surface area (Å²) in [5.41, 5.74) is 2.35. The molecular weight excluding hydrogens is 159 g/mol. The van der Waals surface area contributed by atoms with Gasteiger partial charge in [-0.2, -0.15) is 0 Å². The summed E-state index contributed by atoms with van der Waals surface area (Å²) in [6.07, 6.45) is 0. The molecule has 0 atom stereocenters. The fourth-order valence-corrected chi connectivity index (χ4v) is 1.91. The highest BCUT2D eigenvalue weighted by Crippen LogP contribution is 2.16. The molecule has 2 heteroatoms. The zero-order chi connectivity index (χ0) is 9.42. The quantitative estimate of drug-likeness (QED) is 0.602. The molecule has 13 heavy (non-hydrogen) atoms. The van der Waals surface area contributed by atoms with Crippen molar-refractivity contribution in [2.24, 2.45) is 0 Å². The van der Waals surface area contributed by atoms with Crippen LogP contribution in [-0.4, -0.2) is 6.71 Å². The lowest BCUT2D eigenvalue weighted by Crippen LogP contribution is -2.23. The first kappa shape index (κ1) is 8.42. The number of benzene rings is 1. The average molecular weight is 172 g/mol. The highest BCUT2D eigenvalue weighted by molar-refractivity contribution is 6.73. The molecule has 0 saturated heterocycles. The van der Waals surface area contributed by atoms with E-state index in [1.807, 2.05) is 19.1 Å².